The summed E-state index contributed by atoms with van der Waals surface area (Å²) in [6.07, 6.45) is 0. The Kier molecular flexibility index (Phi) is 3.54. The molecule has 0 atom stereocenters. The fourth-order valence-electron chi connectivity index (χ4n) is 2.40. The Morgan fingerprint density at radius 3 is 2.55 bits per heavy atom. The molecule has 3 rings (SSSR count). The van der Waals surface area contributed by atoms with Crippen LogP contribution >= 0.6 is 11.6 Å². The molecule has 6 heteroatoms. The van der Waals surface area contributed by atoms with Crippen LogP contribution in [0.5, 0.6) is 0 Å². The number of nitrogens with zero attached hydrogens (tertiary/aromatic N) is 3. The summed E-state index contributed by atoms with van der Waals surface area (Å²) in [6.45, 7) is 4.09. The second-order valence-electron chi connectivity index (χ2n) is 5.07. The Labute approximate surface area is 122 Å². The van der Waals surface area contributed by atoms with Crippen molar-refractivity contribution in [3.8, 4) is 11.3 Å². The highest BCUT2D eigenvalue weighted by Crippen LogP contribution is 2.31. The molecule has 1 aromatic carbocycles. The van der Waals surface area contributed by atoms with Crippen LogP contribution in [0.3, 0.4) is 0 Å². The second kappa shape index (κ2) is 5.34. The van der Waals surface area contributed by atoms with Crippen molar-refractivity contribution in [2.75, 3.05) is 43.9 Å². The lowest BCUT2D eigenvalue weighted by molar-refractivity contribution is 0.313. The maximum absolute atomic E-state index is 6.41. The topological polar surface area (TPSA) is 58.5 Å². The van der Waals surface area contributed by atoms with Crippen molar-refractivity contribution in [1.29, 1.82) is 0 Å². The fraction of sp³-hybridized carbons (Fsp3) is 0.357. The first-order valence-electron chi connectivity index (χ1n) is 6.59. The summed E-state index contributed by atoms with van der Waals surface area (Å²) in [7, 11) is 2.14. The molecule has 1 saturated heterocycles. The highest BCUT2D eigenvalue weighted by molar-refractivity contribution is 6.33. The number of likely N-dealkylation sites (N-methyl/N-ethyl adjacent to an activating group) is 1. The lowest BCUT2D eigenvalue weighted by atomic mass is 10.1. The van der Waals surface area contributed by atoms with Gasteiger partial charge in [0.15, 0.2) is 0 Å². The summed E-state index contributed by atoms with van der Waals surface area (Å²) in [5.41, 5.74) is 8.22. The van der Waals surface area contributed by atoms with E-state index in [1.807, 2.05) is 18.2 Å². The summed E-state index contributed by atoms with van der Waals surface area (Å²) in [5.74, 6) is 0.305. The van der Waals surface area contributed by atoms with E-state index in [1.165, 1.54) is 0 Å². The molecule has 2 aromatic rings. The van der Waals surface area contributed by atoms with Crippen LogP contribution in [-0.4, -0.2) is 43.3 Å². The highest BCUT2D eigenvalue weighted by Gasteiger charge is 2.17. The highest BCUT2D eigenvalue weighted by atomic mass is 35.5. The van der Waals surface area contributed by atoms with E-state index in [-0.39, 0.29) is 0 Å². The van der Waals surface area contributed by atoms with Gasteiger partial charge in [0, 0.05) is 37.8 Å². The molecule has 0 amide bonds. The molecule has 1 aliphatic heterocycles. The van der Waals surface area contributed by atoms with Gasteiger partial charge in [0.25, 0.3) is 0 Å². The average molecular weight is 293 g/mol. The van der Waals surface area contributed by atoms with E-state index in [0.717, 1.165) is 42.5 Å². The maximum atomic E-state index is 6.41. The van der Waals surface area contributed by atoms with Crippen LogP contribution in [0, 0.1) is 0 Å². The van der Waals surface area contributed by atoms with Gasteiger partial charge in [-0.25, -0.2) is 0 Å². The van der Waals surface area contributed by atoms with Crippen molar-refractivity contribution < 1.29 is 4.52 Å². The molecule has 0 aliphatic carbocycles. The number of rotatable bonds is 2. The van der Waals surface area contributed by atoms with Crippen LogP contribution in [0.2, 0.25) is 5.02 Å². The van der Waals surface area contributed by atoms with Gasteiger partial charge < -0.3 is 20.1 Å². The number of anilines is 2. The van der Waals surface area contributed by atoms with E-state index >= 15 is 0 Å². The van der Waals surface area contributed by atoms with Gasteiger partial charge in [-0.3, -0.25) is 0 Å². The SMILES string of the molecule is CN1CCN(c2ccc(-c3cc(N)on3)cc2Cl)CC1. The zero-order valence-corrected chi connectivity index (χ0v) is 12.1. The van der Waals surface area contributed by atoms with Crippen molar-refractivity contribution in [2.45, 2.75) is 0 Å². The molecular formula is C14H17ClN4O. The molecule has 0 saturated carbocycles. The molecule has 1 aliphatic rings. The van der Waals surface area contributed by atoms with E-state index in [4.69, 9.17) is 21.9 Å². The van der Waals surface area contributed by atoms with Crippen molar-refractivity contribution >= 4 is 23.2 Å². The Morgan fingerprint density at radius 1 is 1.20 bits per heavy atom. The lowest BCUT2D eigenvalue weighted by Crippen LogP contribution is -2.44. The average Bonchev–Trinajstić information content (AvgIpc) is 2.87. The first-order chi connectivity index (χ1) is 9.63. The van der Waals surface area contributed by atoms with Gasteiger partial charge in [-0.15, -0.1) is 0 Å². The Balaban J connectivity index is 1.84. The van der Waals surface area contributed by atoms with Crippen LogP contribution in [-0.2, 0) is 0 Å². The predicted octanol–water partition coefficient (Wildman–Crippen LogP) is 2.33. The van der Waals surface area contributed by atoms with Gasteiger partial charge >= 0.3 is 0 Å². The number of halogens is 1. The summed E-state index contributed by atoms with van der Waals surface area (Å²) < 4.78 is 4.89. The van der Waals surface area contributed by atoms with Crippen molar-refractivity contribution in [1.82, 2.24) is 10.1 Å². The van der Waals surface area contributed by atoms with Gasteiger partial charge in [0.1, 0.15) is 5.69 Å². The smallest absolute Gasteiger partial charge is 0.222 e. The quantitative estimate of drug-likeness (QED) is 0.920. The number of hydrogen-bond acceptors (Lipinski definition) is 5. The Bertz CT molecular complexity index is 605. The maximum Gasteiger partial charge on any atom is 0.222 e. The molecule has 2 heterocycles. The van der Waals surface area contributed by atoms with Crippen LogP contribution in [0.15, 0.2) is 28.8 Å². The third-order valence-corrected chi connectivity index (χ3v) is 3.92. The van der Waals surface area contributed by atoms with E-state index < -0.39 is 0 Å². The van der Waals surface area contributed by atoms with E-state index in [1.54, 1.807) is 6.07 Å². The van der Waals surface area contributed by atoms with Crippen LogP contribution in [0.1, 0.15) is 0 Å². The van der Waals surface area contributed by atoms with Gasteiger partial charge in [0.05, 0.1) is 10.7 Å². The number of hydrogen-bond donors (Lipinski definition) is 1. The van der Waals surface area contributed by atoms with E-state index in [9.17, 15) is 0 Å². The minimum Gasteiger partial charge on any atom is -0.368 e. The molecule has 5 nitrogen and oxygen atoms in total. The lowest BCUT2D eigenvalue weighted by Gasteiger charge is -2.34. The monoisotopic (exact) mass is 292 g/mol. The van der Waals surface area contributed by atoms with E-state index in [0.29, 0.717) is 11.6 Å². The number of aromatic nitrogens is 1. The molecule has 0 unspecified atom stereocenters. The van der Waals surface area contributed by atoms with Crippen LogP contribution in [0.25, 0.3) is 11.3 Å². The molecule has 2 N–H and O–H groups in total. The number of piperazine rings is 1. The molecule has 1 aromatic heterocycles. The Hall–Kier alpha value is -1.72. The fourth-order valence-corrected chi connectivity index (χ4v) is 2.70. The molecule has 106 valence electrons. The van der Waals surface area contributed by atoms with Gasteiger partial charge in [-0.05, 0) is 19.2 Å². The normalized spacial score (nSPS) is 16.6. The first-order valence-corrected chi connectivity index (χ1v) is 6.97. The Morgan fingerprint density at radius 2 is 1.95 bits per heavy atom. The molecule has 0 spiro atoms. The third-order valence-electron chi connectivity index (χ3n) is 3.62. The molecular weight excluding hydrogens is 276 g/mol. The van der Waals surface area contributed by atoms with Crippen molar-refractivity contribution in [3.63, 3.8) is 0 Å². The zero-order chi connectivity index (χ0) is 14.1. The zero-order valence-electron chi connectivity index (χ0n) is 11.3. The number of nitrogen functional groups attached to an aromatic ring is 1. The summed E-state index contributed by atoms with van der Waals surface area (Å²) >= 11 is 6.41. The van der Waals surface area contributed by atoms with Crippen LogP contribution in [0.4, 0.5) is 11.6 Å². The standard InChI is InChI=1S/C14H17ClN4O/c1-18-4-6-19(7-5-18)13-3-2-10(8-11(13)15)12-9-14(16)20-17-12/h2-3,8-9H,4-7,16H2,1H3. The van der Waals surface area contributed by atoms with Gasteiger partial charge in [-0.1, -0.05) is 22.8 Å². The van der Waals surface area contributed by atoms with Crippen LogP contribution < -0.4 is 10.6 Å². The summed E-state index contributed by atoms with van der Waals surface area (Å²) in [5, 5.41) is 4.63. The summed E-state index contributed by atoms with van der Waals surface area (Å²) in [4.78, 5) is 4.63. The minimum absolute atomic E-state index is 0.305. The van der Waals surface area contributed by atoms with Crippen molar-refractivity contribution in [3.05, 3.63) is 29.3 Å². The third kappa shape index (κ3) is 2.59. The largest absolute Gasteiger partial charge is 0.368 e. The van der Waals surface area contributed by atoms with Gasteiger partial charge in [0.2, 0.25) is 5.88 Å². The molecule has 20 heavy (non-hydrogen) atoms. The molecule has 0 radical (unpaired) electrons. The number of nitrogens with two attached hydrogens (primary N) is 1. The predicted molar refractivity (Wildman–Crippen MR) is 81.1 cm³/mol. The summed E-state index contributed by atoms with van der Waals surface area (Å²) in [6, 6.07) is 7.64. The molecule has 1 fully saturated rings. The van der Waals surface area contributed by atoms with Crippen molar-refractivity contribution in [2.24, 2.45) is 0 Å². The number of benzene rings is 1. The van der Waals surface area contributed by atoms with Gasteiger partial charge in [-0.2, -0.15) is 0 Å². The minimum atomic E-state index is 0.305. The second-order valence-corrected chi connectivity index (χ2v) is 5.48. The van der Waals surface area contributed by atoms with E-state index in [2.05, 4.69) is 22.0 Å². The molecule has 0 bridgehead atoms. The first kappa shape index (κ1) is 13.3.